The van der Waals surface area contributed by atoms with Crippen LogP contribution in [0, 0.1) is 6.92 Å². The van der Waals surface area contributed by atoms with Gasteiger partial charge in [0.1, 0.15) is 5.75 Å². The molecule has 2 rings (SSSR count). The van der Waals surface area contributed by atoms with Crippen LogP contribution in [0.25, 0.3) is 0 Å². The molecule has 4 N–H and O–H groups in total. The Balaban J connectivity index is 2.53. The number of aromatic hydroxyl groups is 4. The first-order valence-corrected chi connectivity index (χ1v) is 5.50. The highest BCUT2D eigenvalue weighted by Gasteiger charge is 2.18. The van der Waals surface area contributed by atoms with Crippen molar-refractivity contribution in [3.8, 4) is 23.0 Å². The zero-order valence-corrected chi connectivity index (χ0v) is 10.1. The Morgan fingerprint density at radius 3 is 2.11 bits per heavy atom. The maximum atomic E-state index is 12.2. The summed E-state index contributed by atoms with van der Waals surface area (Å²) in [6.07, 6.45) is 0. The Labute approximate surface area is 109 Å². The fourth-order valence-corrected chi connectivity index (χ4v) is 1.73. The lowest BCUT2D eigenvalue weighted by atomic mass is 9.99. The van der Waals surface area contributed by atoms with Gasteiger partial charge in [-0.1, -0.05) is 12.1 Å². The summed E-state index contributed by atoms with van der Waals surface area (Å²) in [5.74, 6) is -2.61. The third kappa shape index (κ3) is 2.18. The van der Waals surface area contributed by atoms with E-state index in [-0.39, 0.29) is 16.9 Å². The van der Waals surface area contributed by atoms with Crippen LogP contribution in [-0.2, 0) is 0 Å². The number of ketones is 1. The third-order valence-electron chi connectivity index (χ3n) is 2.81. The fourth-order valence-electron chi connectivity index (χ4n) is 1.73. The molecule has 2 aromatic rings. The standard InChI is InChI=1S/C14H12O5/c1-7-3-2-4-9(12(7)17)13(18)8-5-10(15)14(19)11(16)6-8/h2-6,15-17,19H,1H3. The summed E-state index contributed by atoms with van der Waals surface area (Å²) in [6, 6.07) is 6.75. The molecule has 0 saturated carbocycles. The Bertz CT molecular complexity index is 638. The molecule has 19 heavy (non-hydrogen) atoms. The summed E-state index contributed by atoms with van der Waals surface area (Å²) in [5.41, 5.74) is 0.566. The lowest BCUT2D eigenvalue weighted by molar-refractivity contribution is 0.103. The van der Waals surface area contributed by atoms with Crippen molar-refractivity contribution >= 4 is 5.78 Å². The number of hydrogen-bond donors (Lipinski definition) is 4. The quantitative estimate of drug-likeness (QED) is 0.489. The normalized spacial score (nSPS) is 10.4. The molecule has 0 unspecified atom stereocenters. The number of phenols is 4. The number of hydrogen-bond acceptors (Lipinski definition) is 5. The van der Waals surface area contributed by atoms with Crippen LogP contribution < -0.4 is 0 Å². The lowest BCUT2D eigenvalue weighted by Gasteiger charge is -2.08. The molecule has 0 saturated heterocycles. The minimum Gasteiger partial charge on any atom is -0.507 e. The summed E-state index contributed by atoms with van der Waals surface area (Å²) in [5, 5.41) is 37.8. The number of benzene rings is 2. The SMILES string of the molecule is Cc1cccc(C(=O)c2cc(O)c(O)c(O)c2)c1O. The Morgan fingerprint density at radius 2 is 1.53 bits per heavy atom. The lowest BCUT2D eigenvalue weighted by Crippen LogP contribution is -2.02. The summed E-state index contributed by atoms with van der Waals surface area (Å²) in [4.78, 5) is 12.2. The van der Waals surface area contributed by atoms with Gasteiger partial charge in [0, 0.05) is 5.56 Å². The first-order valence-electron chi connectivity index (χ1n) is 5.50. The highest BCUT2D eigenvalue weighted by molar-refractivity contribution is 6.11. The first-order chi connectivity index (χ1) is 8.91. The van der Waals surface area contributed by atoms with Crippen molar-refractivity contribution in [1.82, 2.24) is 0 Å². The van der Waals surface area contributed by atoms with E-state index < -0.39 is 23.0 Å². The monoisotopic (exact) mass is 260 g/mol. The number of phenolic OH excluding ortho intramolecular Hbond substituents is 4. The van der Waals surface area contributed by atoms with Gasteiger partial charge in [0.25, 0.3) is 0 Å². The van der Waals surface area contributed by atoms with Gasteiger partial charge >= 0.3 is 0 Å². The maximum Gasteiger partial charge on any atom is 0.200 e. The van der Waals surface area contributed by atoms with Crippen molar-refractivity contribution in [2.75, 3.05) is 0 Å². The van der Waals surface area contributed by atoms with Gasteiger partial charge in [-0.25, -0.2) is 0 Å². The van der Waals surface area contributed by atoms with Gasteiger partial charge < -0.3 is 20.4 Å². The van der Waals surface area contributed by atoms with Crippen LogP contribution >= 0.6 is 0 Å². The zero-order chi connectivity index (χ0) is 14.2. The molecule has 98 valence electrons. The molecule has 5 heteroatoms. The largest absolute Gasteiger partial charge is 0.507 e. The van der Waals surface area contributed by atoms with E-state index in [4.69, 9.17) is 0 Å². The minimum absolute atomic E-state index is 0.0336. The highest BCUT2D eigenvalue weighted by atomic mass is 16.3. The molecule has 0 heterocycles. The van der Waals surface area contributed by atoms with Crippen molar-refractivity contribution < 1.29 is 25.2 Å². The molecule has 0 amide bonds. The molecule has 5 nitrogen and oxygen atoms in total. The van der Waals surface area contributed by atoms with Crippen LogP contribution in [0.4, 0.5) is 0 Å². The summed E-state index contributed by atoms with van der Waals surface area (Å²) in [6.45, 7) is 1.65. The van der Waals surface area contributed by atoms with Crippen LogP contribution in [-0.4, -0.2) is 26.2 Å². The van der Waals surface area contributed by atoms with Crippen LogP contribution in [0.5, 0.6) is 23.0 Å². The molecule has 0 bridgehead atoms. The summed E-state index contributed by atoms with van der Waals surface area (Å²) < 4.78 is 0. The summed E-state index contributed by atoms with van der Waals surface area (Å²) in [7, 11) is 0. The molecule has 0 aliphatic carbocycles. The van der Waals surface area contributed by atoms with E-state index >= 15 is 0 Å². The van der Waals surface area contributed by atoms with Gasteiger partial charge in [-0.3, -0.25) is 4.79 Å². The second-order valence-electron chi connectivity index (χ2n) is 4.16. The van der Waals surface area contributed by atoms with Gasteiger partial charge in [-0.15, -0.1) is 0 Å². The van der Waals surface area contributed by atoms with E-state index in [9.17, 15) is 25.2 Å². The molecule has 0 atom stereocenters. The van der Waals surface area contributed by atoms with Crippen molar-refractivity contribution in [3.05, 3.63) is 47.0 Å². The zero-order valence-electron chi connectivity index (χ0n) is 10.1. The van der Waals surface area contributed by atoms with Gasteiger partial charge in [-0.2, -0.15) is 0 Å². The van der Waals surface area contributed by atoms with Crippen molar-refractivity contribution in [1.29, 1.82) is 0 Å². The number of aryl methyl sites for hydroxylation is 1. The van der Waals surface area contributed by atoms with Crippen LogP contribution in [0.2, 0.25) is 0 Å². The van der Waals surface area contributed by atoms with Gasteiger partial charge in [0.15, 0.2) is 23.0 Å². The van der Waals surface area contributed by atoms with Crippen molar-refractivity contribution in [2.45, 2.75) is 6.92 Å². The third-order valence-corrected chi connectivity index (χ3v) is 2.81. The van der Waals surface area contributed by atoms with E-state index in [0.29, 0.717) is 5.56 Å². The molecule has 0 aliphatic rings. The topological polar surface area (TPSA) is 98.0 Å². The second-order valence-corrected chi connectivity index (χ2v) is 4.16. The Hall–Kier alpha value is -2.69. The average Bonchev–Trinajstić information content (AvgIpc) is 2.38. The predicted octanol–water partition coefficient (Wildman–Crippen LogP) is 2.05. The highest BCUT2D eigenvalue weighted by Crippen LogP contribution is 2.36. The molecular formula is C14H12O5. The van der Waals surface area contributed by atoms with Crippen LogP contribution in [0.15, 0.2) is 30.3 Å². The number of rotatable bonds is 2. The molecule has 2 aromatic carbocycles. The smallest absolute Gasteiger partial charge is 0.200 e. The molecule has 0 radical (unpaired) electrons. The predicted molar refractivity (Wildman–Crippen MR) is 67.7 cm³/mol. The van der Waals surface area contributed by atoms with Gasteiger partial charge in [-0.05, 0) is 30.7 Å². The van der Waals surface area contributed by atoms with E-state index in [1.165, 1.54) is 6.07 Å². The minimum atomic E-state index is -0.690. The van der Waals surface area contributed by atoms with Gasteiger partial charge in [0.05, 0.1) is 5.56 Å². The van der Waals surface area contributed by atoms with Gasteiger partial charge in [0.2, 0.25) is 0 Å². The molecule has 0 spiro atoms. The molecule has 0 aliphatic heterocycles. The van der Waals surface area contributed by atoms with Crippen molar-refractivity contribution in [3.63, 3.8) is 0 Å². The summed E-state index contributed by atoms with van der Waals surface area (Å²) >= 11 is 0. The van der Waals surface area contributed by atoms with E-state index in [1.807, 2.05) is 0 Å². The number of para-hydroxylation sites is 1. The number of carbonyl (C=O) groups excluding carboxylic acids is 1. The van der Waals surface area contributed by atoms with Crippen molar-refractivity contribution in [2.24, 2.45) is 0 Å². The number of carbonyl (C=O) groups is 1. The average molecular weight is 260 g/mol. The van der Waals surface area contributed by atoms with E-state index in [0.717, 1.165) is 12.1 Å². The van der Waals surface area contributed by atoms with Crippen LogP contribution in [0.3, 0.4) is 0 Å². The van der Waals surface area contributed by atoms with Crippen LogP contribution in [0.1, 0.15) is 21.5 Å². The van der Waals surface area contributed by atoms with E-state index in [2.05, 4.69) is 0 Å². The molecule has 0 fully saturated rings. The Kier molecular flexibility index (Phi) is 3.04. The first kappa shape index (κ1) is 12.8. The maximum absolute atomic E-state index is 12.2. The molecular weight excluding hydrogens is 248 g/mol. The fraction of sp³-hybridized carbons (Fsp3) is 0.0714. The molecule has 0 aromatic heterocycles. The van der Waals surface area contributed by atoms with E-state index in [1.54, 1.807) is 19.1 Å². The second kappa shape index (κ2) is 4.53. The Morgan fingerprint density at radius 1 is 0.947 bits per heavy atom.